The molecule has 4 rings (SSSR count). The molecular formula is C33H40FN3O4S. The SMILES string of the molecule is CC[C@H](C(=O)NC1CCCCC1)N(Cc1ccccc1C)C(=O)CN(c1ccccc1F)S(=O)(=O)c1ccc(C)cc1. The van der Waals surface area contributed by atoms with Gasteiger partial charge < -0.3 is 10.2 Å². The number of carbonyl (C=O) groups excluding carboxylic acids is 2. The molecule has 0 aliphatic heterocycles. The van der Waals surface area contributed by atoms with Crippen molar-refractivity contribution in [1.29, 1.82) is 0 Å². The Morgan fingerprint density at radius 2 is 1.57 bits per heavy atom. The van der Waals surface area contributed by atoms with Gasteiger partial charge >= 0.3 is 0 Å². The van der Waals surface area contributed by atoms with Crippen LogP contribution in [0, 0.1) is 19.7 Å². The summed E-state index contributed by atoms with van der Waals surface area (Å²) in [6.45, 7) is 5.03. The van der Waals surface area contributed by atoms with E-state index in [1.165, 1.54) is 35.2 Å². The summed E-state index contributed by atoms with van der Waals surface area (Å²) in [5.41, 5.74) is 2.41. The molecule has 0 bridgehead atoms. The maximum atomic E-state index is 15.1. The molecule has 1 aliphatic rings. The number of hydrogen-bond donors (Lipinski definition) is 1. The van der Waals surface area contributed by atoms with E-state index < -0.39 is 34.3 Å². The Morgan fingerprint density at radius 3 is 2.21 bits per heavy atom. The van der Waals surface area contributed by atoms with Gasteiger partial charge in [0, 0.05) is 12.6 Å². The molecule has 1 saturated carbocycles. The highest BCUT2D eigenvalue weighted by molar-refractivity contribution is 7.92. The number of benzene rings is 3. The summed E-state index contributed by atoms with van der Waals surface area (Å²) < 4.78 is 43.8. The van der Waals surface area contributed by atoms with Crippen molar-refractivity contribution in [2.24, 2.45) is 0 Å². The zero-order valence-corrected chi connectivity index (χ0v) is 25.4. The maximum Gasteiger partial charge on any atom is 0.264 e. The normalized spacial score (nSPS) is 14.7. The van der Waals surface area contributed by atoms with Crippen LogP contribution in [-0.2, 0) is 26.2 Å². The van der Waals surface area contributed by atoms with Crippen LogP contribution in [0.2, 0.25) is 0 Å². The van der Waals surface area contributed by atoms with Crippen LogP contribution in [0.4, 0.5) is 10.1 Å². The topological polar surface area (TPSA) is 86.8 Å². The number of halogens is 1. The molecule has 0 radical (unpaired) electrons. The van der Waals surface area contributed by atoms with Gasteiger partial charge in [-0.25, -0.2) is 12.8 Å². The third-order valence-electron chi connectivity index (χ3n) is 7.95. The van der Waals surface area contributed by atoms with E-state index in [2.05, 4.69) is 5.32 Å². The predicted molar refractivity (Wildman–Crippen MR) is 163 cm³/mol. The van der Waals surface area contributed by atoms with Crippen LogP contribution < -0.4 is 9.62 Å². The van der Waals surface area contributed by atoms with Gasteiger partial charge in [0.05, 0.1) is 10.6 Å². The van der Waals surface area contributed by atoms with E-state index in [-0.39, 0.29) is 29.1 Å². The molecule has 2 amide bonds. The van der Waals surface area contributed by atoms with Gasteiger partial charge in [0.2, 0.25) is 11.8 Å². The van der Waals surface area contributed by atoms with Gasteiger partial charge in [-0.1, -0.05) is 80.3 Å². The van der Waals surface area contributed by atoms with Gasteiger partial charge in [0.15, 0.2) is 0 Å². The summed E-state index contributed by atoms with van der Waals surface area (Å²) in [5.74, 6) is -1.62. The van der Waals surface area contributed by atoms with Crippen LogP contribution >= 0.6 is 0 Å². The smallest absolute Gasteiger partial charge is 0.264 e. The summed E-state index contributed by atoms with van der Waals surface area (Å²) in [4.78, 5) is 29.2. The Labute approximate surface area is 248 Å². The van der Waals surface area contributed by atoms with Crippen molar-refractivity contribution in [3.63, 3.8) is 0 Å². The predicted octanol–water partition coefficient (Wildman–Crippen LogP) is 5.89. The van der Waals surface area contributed by atoms with Crippen LogP contribution in [0.15, 0.2) is 77.7 Å². The molecule has 0 heterocycles. The van der Waals surface area contributed by atoms with E-state index in [4.69, 9.17) is 0 Å². The molecule has 1 N–H and O–H groups in total. The van der Waals surface area contributed by atoms with Gasteiger partial charge in [0.1, 0.15) is 18.4 Å². The molecule has 7 nitrogen and oxygen atoms in total. The van der Waals surface area contributed by atoms with Crippen LogP contribution in [0.5, 0.6) is 0 Å². The van der Waals surface area contributed by atoms with Crippen LogP contribution in [-0.4, -0.2) is 43.8 Å². The molecule has 1 atom stereocenters. The molecule has 3 aromatic rings. The zero-order chi connectivity index (χ0) is 30.3. The molecule has 1 fully saturated rings. The van der Waals surface area contributed by atoms with Crippen molar-refractivity contribution in [2.45, 2.75) is 82.8 Å². The van der Waals surface area contributed by atoms with Gasteiger partial charge in [-0.15, -0.1) is 0 Å². The van der Waals surface area contributed by atoms with E-state index in [0.717, 1.165) is 59.2 Å². The second kappa shape index (κ2) is 14.0. The number of nitrogens with one attached hydrogen (secondary N) is 1. The molecule has 0 saturated heterocycles. The Balaban J connectivity index is 1.72. The minimum atomic E-state index is -4.33. The minimum absolute atomic E-state index is 0.0486. The summed E-state index contributed by atoms with van der Waals surface area (Å²) in [6, 6.07) is 18.5. The summed E-state index contributed by atoms with van der Waals surface area (Å²) in [6.07, 6.45) is 5.35. The lowest BCUT2D eigenvalue weighted by Gasteiger charge is -2.34. The van der Waals surface area contributed by atoms with Crippen molar-refractivity contribution in [3.05, 3.63) is 95.3 Å². The largest absolute Gasteiger partial charge is 0.352 e. The highest BCUT2D eigenvalue weighted by atomic mass is 32.2. The minimum Gasteiger partial charge on any atom is -0.352 e. The van der Waals surface area contributed by atoms with Crippen molar-refractivity contribution < 1.29 is 22.4 Å². The van der Waals surface area contributed by atoms with E-state index >= 15 is 4.39 Å². The first-order valence-electron chi connectivity index (χ1n) is 14.6. The highest BCUT2D eigenvalue weighted by Crippen LogP contribution is 2.28. The Morgan fingerprint density at radius 1 is 0.929 bits per heavy atom. The second-order valence-electron chi connectivity index (χ2n) is 11.0. The average molecular weight is 594 g/mol. The fourth-order valence-electron chi connectivity index (χ4n) is 5.44. The van der Waals surface area contributed by atoms with Crippen molar-refractivity contribution in [3.8, 4) is 0 Å². The zero-order valence-electron chi connectivity index (χ0n) is 24.6. The number of carbonyl (C=O) groups is 2. The highest BCUT2D eigenvalue weighted by Gasteiger charge is 2.35. The van der Waals surface area contributed by atoms with E-state index in [0.29, 0.717) is 6.42 Å². The quantitative estimate of drug-likeness (QED) is 0.300. The molecule has 42 heavy (non-hydrogen) atoms. The number of amides is 2. The van der Waals surface area contributed by atoms with Crippen LogP contribution in [0.1, 0.15) is 62.1 Å². The molecule has 224 valence electrons. The van der Waals surface area contributed by atoms with Crippen molar-refractivity contribution in [2.75, 3.05) is 10.8 Å². The first-order chi connectivity index (χ1) is 20.1. The summed E-state index contributed by atoms with van der Waals surface area (Å²) >= 11 is 0. The molecule has 9 heteroatoms. The molecule has 1 aliphatic carbocycles. The molecule has 0 unspecified atom stereocenters. The number of sulfonamides is 1. The lowest BCUT2D eigenvalue weighted by Crippen LogP contribution is -2.54. The number of rotatable bonds is 11. The van der Waals surface area contributed by atoms with Crippen molar-refractivity contribution in [1.82, 2.24) is 10.2 Å². The molecule has 3 aromatic carbocycles. The first-order valence-corrected chi connectivity index (χ1v) is 16.0. The fourth-order valence-corrected chi connectivity index (χ4v) is 6.86. The second-order valence-corrected chi connectivity index (χ2v) is 12.9. The molecule has 0 spiro atoms. The third-order valence-corrected chi connectivity index (χ3v) is 9.72. The molecule has 0 aromatic heterocycles. The standard InChI is InChI=1S/C33H40FN3O4S/c1-4-30(33(39)35-27-14-6-5-7-15-27)36(22-26-13-9-8-12-25(26)3)32(38)23-37(31-17-11-10-16-29(31)34)42(40,41)28-20-18-24(2)19-21-28/h8-13,16-21,27,30H,4-7,14-15,22-23H2,1-3H3,(H,35,39)/t30-/m1/s1. The van der Waals surface area contributed by atoms with E-state index in [9.17, 15) is 18.0 Å². The number of hydrogen-bond acceptors (Lipinski definition) is 4. The first kappa shape index (κ1) is 31.2. The van der Waals surface area contributed by atoms with Gasteiger partial charge in [-0.2, -0.15) is 0 Å². The van der Waals surface area contributed by atoms with Crippen LogP contribution in [0.25, 0.3) is 0 Å². The lowest BCUT2D eigenvalue weighted by molar-refractivity contribution is -0.140. The number of anilines is 1. The Bertz CT molecular complexity index is 1490. The monoisotopic (exact) mass is 593 g/mol. The average Bonchev–Trinajstić information content (AvgIpc) is 2.98. The van der Waals surface area contributed by atoms with E-state index in [1.54, 1.807) is 12.1 Å². The summed E-state index contributed by atoms with van der Waals surface area (Å²) in [5, 5.41) is 3.14. The third kappa shape index (κ3) is 7.37. The van der Waals surface area contributed by atoms with E-state index in [1.807, 2.05) is 45.0 Å². The Kier molecular flexibility index (Phi) is 10.4. The fraction of sp³-hybridized carbons (Fsp3) is 0.394. The number of para-hydroxylation sites is 1. The van der Waals surface area contributed by atoms with Gasteiger partial charge in [-0.3, -0.25) is 13.9 Å². The number of aryl methyl sites for hydroxylation is 2. The maximum absolute atomic E-state index is 15.1. The van der Waals surface area contributed by atoms with Gasteiger partial charge in [-0.05, 0) is 68.5 Å². The number of nitrogens with zero attached hydrogens (tertiary/aromatic N) is 2. The van der Waals surface area contributed by atoms with Crippen molar-refractivity contribution >= 4 is 27.5 Å². The lowest BCUT2D eigenvalue weighted by atomic mass is 9.95. The molecular weight excluding hydrogens is 553 g/mol. The summed E-state index contributed by atoms with van der Waals surface area (Å²) in [7, 11) is -4.33. The van der Waals surface area contributed by atoms with Crippen LogP contribution in [0.3, 0.4) is 0 Å². The van der Waals surface area contributed by atoms with Gasteiger partial charge in [0.25, 0.3) is 10.0 Å². The Hall–Kier alpha value is -3.72.